The number of likely N-dealkylation sites (N-methyl/N-ethyl adjacent to an activating group) is 1. The highest BCUT2D eigenvalue weighted by atomic mass is 16.6. The van der Waals surface area contributed by atoms with Gasteiger partial charge in [-0.3, -0.25) is 9.59 Å². The summed E-state index contributed by atoms with van der Waals surface area (Å²) in [7, 11) is 5.55. The number of ether oxygens (including phenoxy) is 3. The molecule has 66 heavy (non-hydrogen) atoms. The van der Waals surface area contributed by atoms with Gasteiger partial charge in [0.1, 0.15) is 6.61 Å². The van der Waals surface area contributed by atoms with Gasteiger partial charge in [-0.15, -0.1) is 0 Å². The zero-order chi connectivity index (χ0) is 48.4. The fourth-order valence-electron chi connectivity index (χ4n) is 8.97. The number of nitrogens with zero attached hydrogens (tertiary/aromatic N) is 1. The van der Waals surface area contributed by atoms with E-state index in [0.717, 1.165) is 38.5 Å². The summed E-state index contributed by atoms with van der Waals surface area (Å²) < 4.78 is 17.4. The van der Waals surface area contributed by atoms with E-state index in [1.165, 1.54) is 218 Å². The highest BCUT2D eigenvalue weighted by Gasteiger charge is 2.31. The number of carbonyl (C=O) groups is 3. The number of unbranched alkanes of at least 4 members (excludes halogenated alkanes) is 37. The molecule has 0 aromatic carbocycles. The van der Waals surface area contributed by atoms with Crippen LogP contribution in [0.5, 0.6) is 0 Å². The maximum Gasteiger partial charge on any atom is 0.362 e. The van der Waals surface area contributed by atoms with Gasteiger partial charge in [0, 0.05) is 19.3 Å². The molecule has 0 aliphatic carbocycles. The smallest absolute Gasteiger partial charge is 0.362 e. The van der Waals surface area contributed by atoms with Crippen LogP contribution in [0.25, 0.3) is 0 Å². The molecule has 0 aromatic rings. The molecule has 2 unspecified atom stereocenters. The lowest BCUT2D eigenvalue weighted by molar-refractivity contribution is -0.887. The molecule has 390 valence electrons. The van der Waals surface area contributed by atoms with Gasteiger partial charge < -0.3 is 23.8 Å². The van der Waals surface area contributed by atoms with E-state index in [-0.39, 0.29) is 36.2 Å². The van der Waals surface area contributed by atoms with Gasteiger partial charge in [0.25, 0.3) is 0 Å². The molecular weight excluding hydrogens is 823 g/mol. The minimum absolute atomic E-state index is 0.0464. The number of carboxylic acid groups (broad SMARTS) is 1. The van der Waals surface area contributed by atoms with Gasteiger partial charge in [0.05, 0.1) is 34.4 Å². The Bertz CT molecular complexity index is 1090. The second-order valence-electron chi connectivity index (χ2n) is 20.9. The van der Waals surface area contributed by atoms with Crippen LogP contribution >= 0.6 is 0 Å². The van der Waals surface area contributed by atoms with E-state index < -0.39 is 18.1 Å². The Balaban J connectivity index is 4.14. The molecule has 0 bridgehead atoms. The summed E-state index contributed by atoms with van der Waals surface area (Å²) in [5.41, 5.74) is 0. The monoisotopic (exact) mass is 935 g/mol. The number of esters is 2. The third kappa shape index (κ3) is 47.1. The molecule has 8 nitrogen and oxygen atoms in total. The van der Waals surface area contributed by atoms with Crippen LogP contribution in [-0.4, -0.2) is 80.6 Å². The predicted octanol–water partition coefficient (Wildman–Crippen LogP) is 17.0. The molecule has 0 heterocycles. The van der Waals surface area contributed by atoms with Crippen molar-refractivity contribution in [3.63, 3.8) is 0 Å². The van der Waals surface area contributed by atoms with E-state index in [1.54, 1.807) is 0 Å². The van der Waals surface area contributed by atoms with Crippen molar-refractivity contribution in [1.82, 2.24) is 0 Å². The topological polar surface area (TPSA) is 99.1 Å². The van der Waals surface area contributed by atoms with Gasteiger partial charge >= 0.3 is 17.9 Å². The Morgan fingerprint density at radius 1 is 0.439 bits per heavy atom. The highest BCUT2D eigenvalue weighted by molar-refractivity contribution is 5.72. The zero-order valence-corrected chi connectivity index (χ0v) is 44.7. The first-order valence-corrected chi connectivity index (χ1v) is 28.7. The first kappa shape index (κ1) is 64.1. The standard InChI is InChI=1S/C58H111NO7/c1-6-8-10-12-14-16-18-20-22-24-26-28-29-31-33-35-37-39-41-43-45-47-49-57(61)66-54(52-64-51-50-55(58(62)63)59(3,4)5)53-65-56(60)48-46-44-42-40-38-36-34-32-30-27-25-23-21-19-17-15-13-11-9-7-2/h27,30,54-55H,6-26,28-29,31-53H2,1-5H3/p+1/b30-27+. The van der Waals surface area contributed by atoms with Crippen molar-refractivity contribution in [2.75, 3.05) is 41.0 Å². The maximum atomic E-state index is 12.8. The van der Waals surface area contributed by atoms with E-state index in [0.29, 0.717) is 19.3 Å². The van der Waals surface area contributed by atoms with Crippen LogP contribution in [0.3, 0.4) is 0 Å². The SMILES string of the molecule is CCCCCCCCCCC/C=C/CCCCCCCCCC(=O)OCC(COCCC(C(=O)O)[N+](C)(C)C)OC(=O)CCCCCCCCCCCCCCCCCCCCCCCC. The minimum Gasteiger partial charge on any atom is -0.477 e. The van der Waals surface area contributed by atoms with Gasteiger partial charge in [-0.05, 0) is 38.5 Å². The minimum atomic E-state index is -0.870. The average molecular weight is 936 g/mol. The van der Waals surface area contributed by atoms with Crippen molar-refractivity contribution < 1.29 is 38.2 Å². The van der Waals surface area contributed by atoms with Gasteiger partial charge in [-0.2, -0.15) is 0 Å². The van der Waals surface area contributed by atoms with Crippen molar-refractivity contribution in [3.8, 4) is 0 Å². The lowest BCUT2D eigenvalue weighted by Crippen LogP contribution is -2.50. The van der Waals surface area contributed by atoms with E-state index in [9.17, 15) is 19.5 Å². The molecular formula is C58H112NO7+. The molecule has 0 aliphatic rings. The molecule has 0 spiro atoms. The molecule has 0 saturated carbocycles. The first-order valence-electron chi connectivity index (χ1n) is 28.7. The summed E-state index contributed by atoms with van der Waals surface area (Å²) in [5.74, 6) is -1.45. The molecule has 0 amide bonds. The number of aliphatic carboxylic acids is 1. The normalized spacial score (nSPS) is 12.8. The average Bonchev–Trinajstić information content (AvgIpc) is 3.28. The van der Waals surface area contributed by atoms with Crippen molar-refractivity contribution in [3.05, 3.63) is 12.2 Å². The number of quaternary nitrogens is 1. The van der Waals surface area contributed by atoms with Crippen LogP contribution in [0, 0.1) is 0 Å². The number of carbonyl (C=O) groups excluding carboxylic acids is 2. The molecule has 0 radical (unpaired) electrons. The fourth-order valence-corrected chi connectivity index (χ4v) is 8.97. The number of allylic oxidation sites excluding steroid dienone is 2. The molecule has 0 fully saturated rings. The summed E-state index contributed by atoms with van der Waals surface area (Å²) in [4.78, 5) is 37.3. The zero-order valence-electron chi connectivity index (χ0n) is 44.7. The van der Waals surface area contributed by atoms with Gasteiger partial charge in [0.2, 0.25) is 0 Å². The van der Waals surface area contributed by atoms with Gasteiger partial charge in [0.15, 0.2) is 12.1 Å². The largest absolute Gasteiger partial charge is 0.477 e. The Kier molecular flexibility index (Phi) is 48.0. The summed E-state index contributed by atoms with van der Waals surface area (Å²) in [6, 6.07) is -0.612. The Hall–Kier alpha value is -1.93. The third-order valence-electron chi connectivity index (χ3n) is 13.4. The first-order chi connectivity index (χ1) is 32.1. The van der Waals surface area contributed by atoms with Crippen molar-refractivity contribution >= 4 is 17.9 Å². The number of rotatable bonds is 53. The maximum absolute atomic E-state index is 12.8. The molecule has 1 N–H and O–H groups in total. The molecule has 2 atom stereocenters. The Labute approximate surface area is 409 Å². The highest BCUT2D eigenvalue weighted by Crippen LogP contribution is 2.17. The van der Waals surface area contributed by atoms with Crippen LogP contribution in [0.4, 0.5) is 0 Å². The summed E-state index contributed by atoms with van der Waals surface area (Å²) in [6.45, 7) is 4.80. The molecule has 0 rings (SSSR count). The molecule has 8 heteroatoms. The number of carboxylic acids is 1. The Morgan fingerprint density at radius 2 is 0.758 bits per heavy atom. The predicted molar refractivity (Wildman–Crippen MR) is 280 cm³/mol. The van der Waals surface area contributed by atoms with Gasteiger partial charge in [-0.25, -0.2) is 4.79 Å². The summed E-state index contributed by atoms with van der Waals surface area (Å²) in [5, 5.41) is 9.67. The molecule has 0 aliphatic heterocycles. The summed E-state index contributed by atoms with van der Waals surface area (Å²) in [6.07, 6.45) is 57.0. The molecule has 0 saturated heterocycles. The van der Waals surface area contributed by atoms with Crippen molar-refractivity contribution in [1.29, 1.82) is 0 Å². The fraction of sp³-hybridized carbons (Fsp3) is 0.914. The van der Waals surface area contributed by atoms with E-state index in [4.69, 9.17) is 14.2 Å². The second kappa shape index (κ2) is 49.5. The van der Waals surface area contributed by atoms with Crippen LogP contribution < -0.4 is 0 Å². The number of hydrogen-bond acceptors (Lipinski definition) is 6. The lowest BCUT2D eigenvalue weighted by atomic mass is 10.0. The van der Waals surface area contributed by atoms with E-state index in [2.05, 4.69) is 26.0 Å². The Morgan fingerprint density at radius 3 is 1.09 bits per heavy atom. The van der Waals surface area contributed by atoms with Crippen molar-refractivity contribution in [2.45, 2.75) is 302 Å². The summed E-state index contributed by atoms with van der Waals surface area (Å²) >= 11 is 0. The van der Waals surface area contributed by atoms with Crippen LogP contribution in [0.1, 0.15) is 290 Å². The van der Waals surface area contributed by atoms with Crippen molar-refractivity contribution in [2.24, 2.45) is 0 Å². The van der Waals surface area contributed by atoms with Crippen LogP contribution in [0.15, 0.2) is 12.2 Å². The lowest BCUT2D eigenvalue weighted by Gasteiger charge is -2.31. The van der Waals surface area contributed by atoms with Crippen LogP contribution in [0.2, 0.25) is 0 Å². The van der Waals surface area contributed by atoms with Crippen LogP contribution in [-0.2, 0) is 28.6 Å². The number of hydrogen-bond donors (Lipinski definition) is 1. The van der Waals surface area contributed by atoms with E-state index >= 15 is 0 Å². The quantitative estimate of drug-likeness (QED) is 0.0281. The second-order valence-corrected chi connectivity index (χ2v) is 20.9. The van der Waals surface area contributed by atoms with Gasteiger partial charge in [-0.1, -0.05) is 244 Å². The molecule has 0 aromatic heterocycles. The van der Waals surface area contributed by atoms with E-state index in [1.807, 2.05) is 21.1 Å². The third-order valence-corrected chi connectivity index (χ3v) is 13.4.